The second-order valence-corrected chi connectivity index (χ2v) is 6.17. The number of anilines is 1. The molecule has 3 rings (SSSR count). The van der Waals surface area contributed by atoms with E-state index in [0.29, 0.717) is 23.9 Å². The van der Waals surface area contributed by atoms with Crippen LogP contribution >= 0.6 is 11.3 Å². The first kappa shape index (κ1) is 16.3. The van der Waals surface area contributed by atoms with Crippen molar-refractivity contribution in [3.05, 3.63) is 30.3 Å². The van der Waals surface area contributed by atoms with Gasteiger partial charge in [0.2, 0.25) is 11.7 Å². The lowest BCUT2D eigenvalue weighted by molar-refractivity contribution is -0.115. The van der Waals surface area contributed by atoms with Crippen LogP contribution in [0.1, 0.15) is 26.7 Å². The van der Waals surface area contributed by atoms with E-state index in [4.69, 9.17) is 0 Å². The molecular weight excluding hydrogens is 324 g/mol. The second kappa shape index (κ2) is 7.31. The predicted octanol–water partition coefficient (Wildman–Crippen LogP) is 3.22. The maximum absolute atomic E-state index is 11.7. The van der Waals surface area contributed by atoms with Gasteiger partial charge in [0.05, 0.1) is 12.2 Å². The molecule has 0 saturated carbocycles. The van der Waals surface area contributed by atoms with E-state index in [0.717, 1.165) is 22.6 Å². The van der Waals surface area contributed by atoms with Crippen molar-refractivity contribution >= 4 is 22.4 Å². The van der Waals surface area contributed by atoms with Gasteiger partial charge >= 0.3 is 0 Å². The summed E-state index contributed by atoms with van der Waals surface area (Å²) in [4.78, 5) is 18.6. The monoisotopic (exact) mass is 342 g/mol. The van der Waals surface area contributed by atoms with E-state index in [2.05, 4.69) is 32.6 Å². The highest BCUT2D eigenvalue weighted by Crippen LogP contribution is 2.37. The quantitative estimate of drug-likeness (QED) is 0.743. The van der Waals surface area contributed by atoms with Crippen LogP contribution in [0.25, 0.3) is 22.0 Å². The average molecular weight is 342 g/mol. The molecule has 7 nitrogen and oxygen atoms in total. The van der Waals surface area contributed by atoms with Crippen molar-refractivity contribution in [3.63, 3.8) is 0 Å². The molecule has 2 aromatic heterocycles. The molecule has 0 saturated heterocycles. The predicted molar refractivity (Wildman–Crippen MR) is 93.6 cm³/mol. The number of nitrogens with zero attached hydrogens (tertiary/aromatic N) is 5. The van der Waals surface area contributed by atoms with Crippen LogP contribution in [0.15, 0.2) is 30.3 Å². The van der Waals surface area contributed by atoms with E-state index < -0.39 is 0 Å². The molecule has 0 aliphatic carbocycles. The number of thiazole rings is 1. The Kier molecular flexibility index (Phi) is 4.95. The standard InChI is InChI=1S/C16H18N6OS/c1-3-10-22-20-15(19-21-22)14-13(11-8-6-5-7-9-11)18-16(24-14)17-12(23)4-2/h5-9H,3-4,10H2,1-2H3,(H,17,18,23). The summed E-state index contributed by atoms with van der Waals surface area (Å²) in [6.45, 7) is 4.58. The van der Waals surface area contributed by atoms with E-state index in [1.807, 2.05) is 30.3 Å². The lowest BCUT2D eigenvalue weighted by Crippen LogP contribution is -2.08. The zero-order valence-corrected chi connectivity index (χ0v) is 14.4. The van der Waals surface area contributed by atoms with Crippen molar-refractivity contribution in [2.24, 2.45) is 0 Å². The number of hydrogen-bond donors (Lipinski definition) is 1. The van der Waals surface area contributed by atoms with Gasteiger partial charge in [-0.05, 0) is 11.6 Å². The van der Waals surface area contributed by atoms with Crippen LogP contribution in [0.5, 0.6) is 0 Å². The van der Waals surface area contributed by atoms with Crippen LogP contribution in [0.2, 0.25) is 0 Å². The van der Waals surface area contributed by atoms with Crippen LogP contribution in [0.3, 0.4) is 0 Å². The molecule has 3 aromatic rings. The molecule has 1 N–H and O–H groups in total. The normalized spacial score (nSPS) is 10.8. The molecule has 0 aliphatic rings. The lowest BCUT2D eigenvalue weighted by Gasteiger charge is -1.98. The minimum absolute atomic E-state index is 0.0718. The van der Waals surface area contributed by atoms with Gasteiger partial charge in [-0.1, -0.05) is 55.5 Å². The molecule has 1 amide bonds. The zero-order chi connectivity index (χ0) is 16.9. The smallest absolute Gasteiger partial charge is 0.225 e. The molecule has 8 heteroatoms. The molecule has 0 radical (unpaired) electrons. The molecule has 124 valence electrons. The lowest BCUT2D eigenvalue weighted by atomic mass is 10.1. The number of hydrogen-bond acceptors (Lipinski definition) is 6. The molecule has 0 spiro atoms. The van der Waals surface area contributed by atoms with Crippen LogP contribution in [0.4, 0.5) is 5.13 Å². The van der Waals surface area contributed by atoms with Gasteiger partial charge in [0.25, 0.3) is 0 Å². The Morgan fingerprint density at radius 1 is 1.25 bits per heavy atom. The van der Waals surface area contributed by atoms with Gasteiger partial charge in [0, 0.05) is 12.0 Å². The highest BCUT2D eigenvalue weighted by molar-refractivity contribution is 7.19. The van der Waals surface area contributed by atoms with Crippen molar-refractivity contribution < 1.29 is 4.79 Å². The number of nitrogens with one attached hydrogen (secondary N) is 1. The molecule has 0 aliphatic heterocycles. The Hall–Kier alpha value is -2.61. The van der Waals surface area contributed by atoms with E-state index in [1.54, 1.807) is 11.7 Å². The molecular formula is C16H18N6OS. The van der Waals surface area contributed by atoms with E-state index >= 15 is 0 Å². The van der Waals surface area contributed by atoms with Crippen LogP contribution in [-0.4, -0.2) is 31.1 Å². The van der Waals surface area contributed by atoms with Crippen LogP contribution in [0, 0.1) is 0 Å². The van der Waals surface area contributed by atoms with Crippen molar-refractivity contribution in [1.29, 1.82) is 0 Å². The van der Waals surface area contributed by atoms with Gasteiger partial charge < -0.3 is 5.32 Å². The third-order valence-electron chi connectivity index (χ3n) is 3.32. The van der Waals surface area contributed by atoms with Crippen molar-refractivity contribution in [1.82, 2.24) is 25.2 Å². The number of amides is 1. The molecule has 1 aromatic carbocycles. The number of aromatic nitrogens is 5. The molecule has 24 heavy (non-hydrogen) atoms. The SMILES string of the molecule is CCCn1nnc(-c2sc(NC(=O)CC)nc2-c2ccccc2)n1. The molecule has 0 fully saturated rings. The highest BCUT2D eigenvalue weighted by Gasteiger charge is 2.19. The van der Waals surface area contributed by atoms with Crippen LogP contribution in [-0.2, 0) is 11.3 Å². The summed E-state index contributed by atoms with van der Waals surface area (Å²) < 4.78 is 0. The third-order valence-corrected chi connectivity index (χ3v) is 4.29. The Labute approximate surface area is 143 Å². The Bertz CT molecular complexity index is 826. The number of carbonyl (C=O) groups is 1. The van der Waals surface area contributed by atoms with Gasteiger partial charge in [-0.25, -0.2) is 4.98 Å². The fraction of sp³-hybridized carbons (Fsp3) is 0.312. The Balaban J connectivity index is 2.03. The fourth-order valence-electron chi connectivity index (χ4n) is 2.15. The summed E-state index contributed by atoms with van der Waals surface area (Å²) in [6.07, 6.45) is 1.34. The van der Waals surface area contributed by atoms with Gasteiger partial charge in [0.1, 0.15) is 4.88 Å². The molecule has 0 bridgehead atoms. The first-order valence-electron chi connectivity index (χ1n) is 7.85. The first-order chi connectivity index (χ1) is 11.7. The highest BCUT2D eigenvalue weighted by atomic mass is 32.1. The van der Waals surface area contributed by atoms with Gasteiger partial charge in [-0.15, -0.1) is 10.2 Å². The Morgan fingerprint density at radius 2 is 2.04 bits per heavy atom. The van der Waals surface area contributed by atoms with Crippen molar-refractivity contribution in [3.8, 4) is 22.0 Å². The van der Waals surface area contributed by atoms with Crippen molar-refractivity contribution in [2.75, 3.05) is 5.32 Å². The van der Waals surface area contributed by atoms with Gasteiger partial charge in [-0.3, -0.25) is 4.79 Å². The van der Waals surface area contributed by atoms with E-state index in [1.165, 1.54) is 11.3 Å². The van der Waals surface area contributed by atoms with E-state index in [-0.39, 0.29) is 5.91 Å². The molecule has 0 atom stereocenters. The maximum atomic E-state index is 11.7. The van der Waals surface area contributed by atoms with E-state index in [9.17, 15) is 4.79 Å². The summed E-state index contributed by atoms with van der Waals surface area (Å²) in [5.41, 5.74) is 1.70. The summed E-state index contributed by atoms with van der Waals surface area (Å²) >= 11 is 1.36. The maximum Gasteiger partial charge on any atom is 0.225 e. The average Bonchev–Trinajstić information content (AvgIpc) is 3.23. The van der Waals surface area contributed by atoms with Crippen LogP contribution < -0.4 is 5.32 Å². The third kappa shape index (κ3) is 3.48. The Morgan fingerprint density at radius 3 is 2.75 bits per heavy atom. The number of benzene rings is 1. The topological polar surface area (TPSA) is 85.6 Å². The minimum Gasteiger partial charge on any atom is -0.302 e. The molecule has 0 unspecified atom stereocenters. The first-order valence-corrected chi connectivity index (χ1v) is 8.67. The number of carbonyl (C=O) groups excluding carboxylic acids is 1. The summed E-state index contributed by atoms with van der Waals surface area (Å²) in [5, 5.41) is 16.0. The number of tetrazole rings is 1. The minimum atomic E-state index is -0.0718. The molecule has 2 heterocycles. The second-order valence-electron chi connectivity index (χ2n) is 5.17. The largest absolute Gasteiger partial charge is 0.302 e. The van der Waals surface area contributed by atoms with Gasteiger partial charge in [-0.2, -0.15) is 4.80 Å². The number of rotatable bonds is 6. The van der Waals surface area contributed by atoms with Gasteiger partial charge in [0.15, 0.2) is 5.13 Å². The summed E-state index contributed by atoms with van der Waals surface area (Å²) in [7, 11) is 0. The zero-order valence-electron chi connectivity index (χ0n) is 13.6. The fourth-order valence-corrected chi connectivity index (χ4v) is 3.08. The summed E-state index contributed by atoms with van der Waals surface area (Å²) in [6, 6.07) is 9.79. The number of aryl methyl sites for hydroxylation is 1. The van der Waals surface area contributed by atoms with Crippen molar-refractivity contribution in [2.45, 2.75) is 33.2 Å². The summed E-state index contributed by atoms with van der Waals surface area (Å²) in [5.74, 6) is 0.453.